The fraction of sp³-hybridized carbons (Fsp3) is 0.714. The molecule has 1 aromatic rings. The van der Waals surface area contributed by atoms with Gasteiger partial charge in [-0.3, -0.25) is 0 Å². The van der Waals surface area contributed by atoms with Gasteiger partial charge in [-0.25, -0.2) is 0 Å². The highest BCUT2D eigenvalue weighted by molar-refractivity contribution is 7.16. The number of hydrogen-bond donors (Lipinski definition) is 1. The van der Waals surface area contributed by atoms with Gasteiger partial charge < -0.3 is 10.2 Å². The second kappa shape index (κ2) is 6.38. The molecule has 1 aliphatic carbocycles. The predicted octanol–water partition coefficient (Wildman–Crippen LogP) is 3.76. The molecule has 2 rings (SSSR count). The average Bonchev–Trinajstić information content (AvgIpc) is 2.76. The molecule has 1 fully saturated rings. The third-order valence-electron chi connectivity index (χ3n) is 4.12. The first-order chi connectivity index (χ1) is 8.62. The molecule has 4 heteroatoms. The van der Waals surface area contributed by atoms with Gasteiger partial charge in [0.25, 0.3) is 0 Å². The topological polar surface area (TPSA) is 15.3 Å². The molecule has 0 atom stereocenters. The zero-order valence-corrected chi connectivity index (χ0v) is 12.9. The summed E-state index contributed by atoms with van der Waals surface area (Å²) in [4.78, 5) is 3.74. The van der Waals surface area contributed by atoms with Crippen molar-refractivity contribution in [2.24, 2.45) is 0 Å². The van der Waals surface area contributed by atoms with Crippen LogP contribution < -0.4 is 5.32 Å². The Bertz CT molecular complexity index is 370. The first kappa shape index (κ1) is 14.3. The minimum atomic E-state index is 0.360. The van der Waals surface area contributed by atoms with E-state index in [1.54, 1.807) is 11.3 Å². The van der Waals surface area contributed by atoms with Crippen molar-refractivity contribution in [3.63, 3.8) is 0 Å². The largest absolute Gasteiger partial charge is 0.310 e. The Morgan fingerprint density at radius 1 is 1.28 bits per heavy atom. The van der Waals surface area contributed by atoms with Crippen LogP contribution in [0.15, 0.2) is 12.1 Å². The summed E-state index contributed by atoms with van der Waals surface area (Å²) in [5, 5.41) is 3.62. The Labute approximate surface area is 119 Å². The fourth-order valence-electron chi connectivity index (χ4n) is 2.86. The molecular formula is C14H23ClN2S. The number of hydrogen-bond acceptors (Lipinski definition) is 3. The molecule has 1 heterocycles. The second-order valence-electron chi connectivity index (χ2n) is 5.49. The van der Waals surface area contributed by atoms with E-state index in [0.717, 1.165) is 17.4 Å². The summed E-state index contributed by atoms with van der Waals surface area (Å²) >= 11 is 7.62. The van der Waals surface area contributed by atoms with Crippen molar-refractivity contribution in [2.45, 2.75) is 44.2 Å². The van der Waals surface area contributed by atoms with Crippen molar-refractivity contribution in [3.05, 3.63) is 21.3 Å². The predicted molar refractivity (Wildman–Crippen MR) is 80.5 cm³/mol. The van der Waals surface area contributed by atoms with Crippen LogP contribution in [0.1, 0.15) is 37.0 Å². The standard InChI is InChI=1S/C14H23ClN2S/c1-17(2)14(8-4-3-5-9-14)11-16-10-12-6-7-13(15)18-12/h6-7,16H,3-5,8-11H2,1-2H3. The molecule has 0 unspecified atom stereocenters. The molecule has 1 aromatic heterocycles. The summed E-state index contributed by atoms with van der Waals surface area (Å²) in [5.41, 5.74) is 0.360. The number of halogens is 1. The van der Waals surface area contributed by atoms with Crippen LogP contribution in [0.4, 0.5) is 0 Å². The molecule has 1 N–H and O–H groups in total. The Balaban J connectivity index is 1.86. The highest BCUT2D eigenvalue weighted by atomic mass is 35.5. The van der Waals surface area contributed by atoms with Crippen LogP contribution >= 0.6 is 22.9 Å². The molecule has 1 saturated carbocycles. The molecule has 0 aliphatic heterocycles. The van der Waals surface area contributed by atoms with Crippen LogP contribution in [0.25, 0.3) is 0 Å². The lowest BCUT2D eigenvalue weighted by Crippen LogP contribution is -2.52. The molecule has 0 spiro atoms. The van der Waals surface area contributed by atoms with Crippen molar-refractivity contribution in [3.8, 4) is 0 Å². The van der Waals surface area contributed by atoms with Crippen molar-refractivity contribution >= 4 is 22.9 Å². The minimum absolute atomic E-state index is 0.360. The smallest absolute Gasteiger partial charge is 0.0931 e. The highest BCUT2D eigenvalue weighted by Crippen LogP contribution is 2.31. The maximum Gasteiger partial charge on any atom is 0.0931 e. The highest BCUT2D eigenvalue weighted by Gasteiger charge is 2.33. The average molecular weight is 287 g/mol. The van der Waals surface area contributed by atoms with E-state index >= 15 is 0 Å². The third kappa shape index (κ3) is 3.47. The van der Waals surface area contributed by atoms with Crippen LogP contribution in [0, 0.1) is 0 Å². The summed E-state index contributed by atoms with van der Waals surface area (Å²) in [5.74, 6) is 0. The van der Waals surface area contributed by atoms with Gasteiger partial charge in [0.15, 0.2) is 0 Å². The Morgan fingerprint density at radius 3 is 2.56 bits per heavy atom. The number of likely N-dealkylation sites (N-methyl/N-ethyl adjacent to an activating group) is 1. The number of rotatable bonds is 5. The summed E-state index contributed by atoms with van der Waals surface area (Å²) in [6.45, 7) is 2.02. The van der Waals surface area contributed by atoms with Gasteiger partial charge in [0.1, 0.15) is 0 Å². The monoisotopic (exact) mass is 286 g/mol. The second-order valence-corrected chi connectivity index (χ2v) is 7.29. The lowest BCUT2D eigenvalue weighted by atomic mass is 9.80. The van der Waals surface area contributed by atoms with Gasteiger partial charge in [-0.15, -0.1) is 11.3 Å². The molecule has 0 amide bonds. The van der Waals surface area contributed by atoms with Crippen molar-refractivity contribution in [1.82, 2.24) is 10.2 Å². The summed E-state index contributed by atoms with van der Waals surface area (Å²) in [6.07, 6.45) is 6.77. The van der Waals surface area contributed by atoms with E-state index in [4.69, 9.17) is 11.6 Å². The van der Waals surface area contributed by atoms with Crippen molar-refractivity contribution in [2.75, 3.05) is 20.6 Å². The van der Waals surface area contributed by atoms with Crippen LogP contribution in [0.5, 0.6) is 0 Å². The lowest BCUT2D eigenvalue weighted by Gasteiger charge is -2.43. The maximum absolute atomic E-state index is 5.95. The van der Waals surface area contributed by atoms with E-state index in [-0.39, 0.29) is 0 Å². The molecular weight excluding hydrogens is 264 g/mol. The molecule has 18 heavy (non-hydrogen) atoms. The van der Waals surface area contributed by atoms with Gasteiger partial charge >= 0.3 is 0 Å². The summed E-state index contributed by atoms with van der Waals surface area (Å²) in [6, 6.07) is 4.09. The Morgan fingerprint density at radius 2 is 2.00 bits per heavy atom. The zero-order chi connectivity index (χ0) is 13.0. The fourth-order valence-corrected chi connectivity index (χ4v) is 3.91. The first-order valence-electron chi connectivity index (χ1n) is 6.75. The van der Waals surface area contributed by atoms with Gasteiger partial charge in [-0.1, -0.05) is 30.9 Å². The Kier molecular flexibility index (Phi) is 5.07. The van der Waals surface area contributed by atoms with Gasteiger partial charge in [0.2, 0.25) is 0 Å². The lowest BCUT2D eigenvalue weighted by molar-refractivity contribution is 0.0985. The van der Waals surface area contributed by atoms with Gasteiger partial charge in [-0.2, -0.15) is 0 Å². The van der Waals surface area contributed by atoms with E-state index in [9.17, 15) is 0 Å². The van der Waals surface area contributed by atoms with Gasteiger partial charge in [-0.05, 0) is 39.1 Å². The van der Waals surface area contributed by atoms with E-state index in [1.807, 2.05) is 6.07 Å². The zero-order valence-electron chi connectivity index (χ0n) is 11.3. The van der Waals surface area contributed by atoms with Crippen LogP contribution in [-0.4, -0.2) is 31.1 Å². The molecule has 1 aliphatic rings. The van der Waals surface area contributed by atoms with Crippen LogP contribution in [0.3, 0.4) is 0 Å². The van der Waals surface area contributed by atoms with E-state index in [2.05, 4.69) is 30.4 Å². The van der Waals surface area contributed by atoms with E-state index in [0.29, 0.717) is 5.54 Å². The number of nitrogens with zero attached hydrogens (tertiary/aromatic N) is 1. The number of thiophene rings is 1. The normalized spacial score (nSPS) is 19.3. The molecule has 0 aromatic carbocycles. The summed E-state index contributed by atoms with van der Waals surface area (Å²) < 4.78 is 0.881. The molecule has 2 nitrogen and oxygen atoms in total. The SMILES string of the molecule is CN(C)C1(CNCc2ccc(Cl)s2)CCCCC1. The van der Waals surface area contributed by atoms with E-state index in [1.165, 1.54) is 37.0 Å². The van der Waals surface area contributed by atoms with Crippen LogP contribution in [-0.2, 0) is 6.54 Å². The Hall–Kier alpha value is -0.0900. The van der Waals surface area contributed by atoms with Crippen molar-refractivity contribution < 1.29 is 0 Å². The third-order valence-corrected chi connectivity index (χ3v) is 5.35. The van der Waals surface area contributed by atoms with Crippen LogP contribution in [0.2, 0.25) is 4.34 Å². The first-order valence-corrected chi connectivity index (χ1v) is 7.94. The number of nitrogens with one attached hydrogen (secondary N) is 1. The molecule has 0 saturated heterocycles. The molecule has 102 valence electrons. The van der Waals surface area contributed by atoms with E-state index < -0.39 is 0 Å². The quantitative estimate of drug-likeness (QED) is 0.887. The summed E-state index contributed by atoms with van der Waals surface area (Å²) in [7, 11) is 4.43. The van der Waals surface area contributed by atoms with Gasteiger partial charge in [0.05, 0.1) is 4.34 Å². The minimum Gasteiger partial charge on any atom is -0.310 e. The maximum atomic E-state index is 5.95. The van der Waals surface area contributed by atoms with Gasteiger partial charge in [0, 0.05) is 23.5 Å². The molecule has 0 bridgehead atoms. The van der Waals surface area contributed by atoms with Crippen molar-refractivity contribution in [1.29, 1.82) is 0 Å². The molecule has 0 radical (unpaired) electrons.